The van der Waals surface area contributed by atoms with E-state index >= 15 is 0 Å². The average molecular weight is 249 g/mol. The highest BCUT2D eigenvalue weighted by Crippen LogP contribution is 2.20. The van der Waals surface area contributed by atoms with Crippen molar-refractivity contribution in [1.82, 2.24) is 4.90 Å². The highest BCUT2D eigenvalue weighted by molar-refractivity contribution is 5.89. The topological polar surface area (TPSA) is 38.8 Å². The fraction of sp³-hybridized carbons (Fsp3) is 0.500. The van der Waals surface area contributed by atoms with Crippen molar-refractivity contribution in [3.05, 3.63) is 29.8 Å². The molecule has 18 heavy (non-hydrogen) atoms. The van der Waals surface area contributed by atoms with Crippen LogP contribution in [-0.4, -0.2) is 44.2 Å². The molecule has 0 spiro atoms. The zero-order valence-corrected chi connectivity index (χ0v) is 10.9. The van der Waals surface area contributed by atoms with Gasteiger partial charge in [0, 0.05) is 13.1 Å². The van der Waals surface area contributed by atoms with Gasteiger partial charge in [-0.1, -0.05) is 6.07 Å². The molecule has 1 aliphatic rings. The van der Waals surface area contributed by atoms with Gasteiger partial charge < -0.3 is 14.4 Å². The second-order valence-corrected chi connectivity index (χ2v) is 4.64. The lowest BCUT2D eigenvalue weighted by atomic mass is 10.1. The van der Waals surface area contributed by atoms with E-state index < -0.39 is 0 Å². The predicted octanol–water partition coefficient (Wildman–Crippen LogP) is 1.95. The Kier molecular flexibility index (Phi) is 4.20. The summed E-state index contributed by atoms with van der Waals surface area (Å²) in [6.07, 6.45) is 2.30. The van der Waals surface area contributed by atoms with Crippen LogP contribution in [0.5, 0.6) is 5.75 Å². The monoisotopic (exact) mass is 249 g/mol. The van der Waals surface area contributed by atoms with Crippen LogP contribution in [0, 0.1) is 0 Å². The zero-order chi connectivity index (χ0) is 13.0. The molecule has 4 nitrogen and oxygen atoms in total. The number of carbonyl (C=O) groups excluding carboxylic acids is 1. The van der Waals surface area contributed by atoms with Crippen molar-refractivity contribution in [2.75, 3.05) is 27.2 Å². The maximum absolute atomic E-state index is 11.4. The number of esters is 1. The van der Waals surface area contributed by atoms with E-state index in [-0.39, 0.29) is 12.1 Å². The molecule has 0 radical (unpaired) electrons. The van der Waals surface area contributed by atoms with Gasteiger partial charge in [0.15, 0.2) is 0 Å². The molecule has 1 aliphatic heterocycles. The molecule has 1 saturated heterocycles. The zero-order valence-electron chi connectivity index (χ0n) is 10.9. The summed E-state index contributed by atoms with van der Waals surface area (Å²) >= 11 is 0. The molecule has 0 bridgehead atoms. The van der Waals surface area contributed by atoms with Crippen LogP contribution >= 0.6 is 0 Å². The molecule has 1 aromatic rings. The van der Waals surface area contributed by atoms with Crippen LogP contribution in [0.4, 0.5) is 0 Å². The molecule has 0 unspecified atom stereocenters. The summed E-state index contributed by atoms with van der Waals surface area (Å²) in [6, 6.07) is 7.17. The number of rotatable bonds is 3. The van der Waals surface area contributed by atoms with E-state index in [1.54, 1.807) is 12.1 Å². The van der Waals surface area contributed by atoms with Gasteiger partial charge in [0.2, 0.25) is 0 Å². The Morgan fingerprint density at radius 2 is 2.06 bits per heavy atom. The molecule has 1 aromatic carbocycles. The summed E-state index contributed by atoms with van der Waals surface area (Å²) < 4.78 is 10.6. The smallest absolute Gasteiger partial charge is 0.337 e. The van der Waals surface area contributed by atoms with Crippen molar-refractivity contribution in [3.8, 4) is 5.75 Å². The number of ether oxygens (including phenoxy) is 2. The van der Waals surface area contributed by atoms with Crippen molar-refractivity contribution in [1.29, 1.82) is 0 Å². The first kappa shape index (κ1) is 12.9. The van der Waals surface area contributed by atoms with Gasteiger partial charge in [0.25, 0.3) is 0 Å². The molecule has 2 rings (SSSR count). The highest BCUT2D eigenvalue weighted by atomic mass is 16.5. The minimum absolute atomic E-state index is 0.245. The summed E-state index contributed by atoms with van der Waals surface area (Å²) in [4.78, 5) is 13.7. The van der Waals surface area contributed by atoms with Gasteiger partial charge in [0.1, 0.15) is 11.9 Å². The first-order chi connectivity index (χ1) is 8.69. The lowest BCUT2D eigenvalue weighted by molar-refractivity contribution is 0.0599. The first-order valence-electron chi connectivity index (χ1n) is 6.22. The number of hydrogen-bond donors (Lipinski definition) is 0. The number of nitrogens with zero attached hydrogens (tertiary/aromatic N) is 1. The molecule has 4 heteroatoms. The average Bonchev–Trinajstić information content (AvgIpc) is 2.41. The van der Waals surface area contributed by atoms with Crippen molar-refractivity contribution < 1.29 is 14.3 Å². The normalized spacial score (nSPS) is 17.4. The molecule has 0 N–H and O–H groups in total. The fourth-order valence-corrected chi connectivity index (χ4v) is 2.11. The van der Waals surface area contributed by atoms with Gasteiger partial charge in [-0.15, -0.1) is 0 Å². The van der Waals surface area contributed by atoms with E-state index in [1.165, 1.54) is 7.11 Å². The number of methoxy groups -OCH3 is 1. The maximum atomic E-state index is 11.4. The third kappa shape index (κ3) is 3.23. The van der Waals surface area contributed by atoms with Crippen LogP contribution in [-0.2, 0) is 4.74 Å². The van der Waals surface area contributed by atoms with Gasteiger partial charge >= 0.3 is 5.97 Å². The molecule has 1 fully saturated rings. The molecule has 0 aliphatic carbocycles. The van der Waals surface area contributed by atoms with Gasteiger partial charge in [-0.25, -0.2) is 4.79 Å². The molecular weight excluding hydrogens is 230 g/mol. The molecule has 0 atom stereocenters. The van der Waals surface area contributed by atoms with E-state index in [1.807, 2.05) is 12.1 Å². The third-order valence-corrected chi connectivity index (χ3v) is 3.22. The van der Waals surface area contributed by atoms with Crippen LogP contribution < -0.4 is 4.74 Å². The van der Waals surface area contributed by atoms with Crippen molar-refractivity contribution in [2.45, 2.75) is 18.9 Å². The maximum Gasteiger partial charge on any atom is 0.337 e. The van der Waals surface area contributed by atoms with Crippen LogP contribution in [0.1, 0.15) is 23.2 Å². The van der Waals surface area contributed by atoms with Gasteiger partial charge in [-0.05, 0) is 38.1 Å². The summed E-state index contributed by atoms with van der Waals surface area (Å²) in [6.45, 7) is 2.11. The van der Waals surface area contributed by atoms with Crippen LogP contribution in [0.15, 0.2) is 24.3 Å². The van der Waals surface area contributed by atoms with Gasteiger partial charge in [-0.3, -0.25) is 0 Å². The number of likely N-dealkylation sites (tertiary alicyclic amines) is 1. The molecular formula is C14H19NO3. The Morgan fingerprint density at radius 1 is 1.33 bits per heavy atom. The molecule has 1 heterocycles. The first-order valence-corrected chi connectivity index (χ1v) is 6.22. The van der Waals surface area contributed by atoms with Crippen LogP contribution in [0.25, 0.3) is 0 Å². The van der Waals surface area contributed by atoms with Crippen molar-refractivity contribution in [2.24, 2.45) is 0 Å². The number of piperidine rings is 1. The summed E-state index contributed by atoms with van der Waals surface area (Å²) in [5.41, 5.74) is 0.530. The van der Waals surface area contributed by atoms with Crippen LogP contribution in [0.2, 0.25) is 0 Å². The summed E-state index contributed by atoms with van der Waals surface area (Å²) in [5, 5.41) is 0. The largest absolute Gasteiger partial charge is 0.490 e. The summed E-state index contributed by atoms with van der Waals surface area (Å²) in [7, 11) is 3.50. The number of carbonyl (C=O) groups is 1. The second-order valence-electron chi connectivity index (χ2n) is 4.64. The Labute approximate surface area is 107 Å². The lowest BCUT2D eigenvalue weighted by Gasteiger charge is -2.29. The predicted molar refractivity (Wildman–Crippen MR) is 68.9 cm³/mol. The van der Waals surface area contributed by atoms with E-state index in [0.717, 1.165) is 31.7 Å². The molecule has 0 aromatic heterocycles. The van der Waals surface area contributed by atoms with E-state index in [9.17, 15) is 4.79 Å². The molecule has 0 saturated carbocycles. The molecule has 98 valence electrons. The van der Waals surface area contributed by atoms with Crippen molar-refractivity contribution >= 4 is 5.97 Å². The second kappa shape index (κ2) is 5.87. The van der Waals surface area contributed by atoms with Gasteiger partial charge in [-0.2, -0.15) is 0 Å². The Hall–Kier alpha value is -1.55. The quantitative estimate of drug-likeness (QED) is 0.767. The van der Waals surface area contributed by atoms with Crippen molar-refractivity contribution in [3.63, 3.8) is 0 Å². The highest BCUT2D eigenvalue weighted by Gasteiger charge is 2.18. The Balaban J connectivity index is 1.99. The van der Waals surface area contributed by atoms with Gasteiger partial charge in [0.05, 0.1) is 12.7 Å². The lowest BCUT2D eigenvalue weighted by Crippen LogP contribution is -2.35. The third-order valence-electron chi connectivity index (χ3n) is 3.22. The van der Waals surface area contributed by atoms with E-state index in [0.29, 0.717) is 5.56 Å². The number of hydrogen-bond acceptors (Lipinski definition) is 4. The Bertz CT molecular complexity index is 411. The fourth-order valence-electron chi connectivity index (χ4n) is 2.11. The molecule has 0 amide bonds. The minimum Gasteiger partial charge on any atom is -0.490 e. The standard InChI is InChI=1S/C14H19NO3/c1-15-8-6-12(7-9-15)18-13-5-3-4-11(10-13)14(16)17-2/h3-5,10,12H,6-9H2,1-2H3. The van der Waals surface area contributed by atoms with Crippen LogP contribution in [0.3, 0.4) is 0 Å². The van der Waals surface area contributed by atoms with E-state index in [4.69, 9.17) is 9.47 Å². The van der Waals surface area contributed by atoms with E-state index in [2.05, 4.69) is 11.9 Å². The number of benzene rings is 1. The Morgan fingerprint density at radius 3 is 2.72 bits per heavy atom. The minimum atomic E-state index is -0.330. The SMILES string of the molecule is COC(=O)c1cccc(OC2CCN(C)CC2)c1. The summed E-state index contributed by atoms with van der Waals surface area (Å²) in [5.74, 6) is 0.413.